The molecule has 2 N–H and O–H groups in total. The Kier molecular flexibility index (Phi) is 5.91. The molecule has 0 saturated carbocycles. The predicted molar refractivity (Wildman–Crippen MR) is 127 cm³/mol. The van der Waals surface area contributed by atoms with Crippen LogP contribution in [0.2, 0.25) is 0 Å². The standard InChI is InChI=1S/C23H24N6O2S/c1-16(2)32(30,31)20-7-5-4-6-19(20)26-23-14-21(27-22-12-13-25-29(22)23)28-24-15-18-10-8-17(3)9-11-18/h4-16,26H,1-3H3,(H,27,28)/b24-15+. The van der Waals surface area contributed by atoms with Crippen molar-refractivity contribution in [3.05, 3.63) is 78.0 Å². The van der Waals surface area contributed by atoms with Crippen LogP contribution in [0.15, 0.2) is 76.9 Å². The van der Waals surface area contributed by atoms with E-state index in [-0.39, 0.29) is 4.90 Å². The van der Waals surface area contributed by atoms with Crippen molar-refractivity contribution in [1.29, 1.82) is 0 Å². The van der Waals surface area contributed by atoms with Gasteiger partial charge in [-0.2, -0.15) is 14.7 Å². The quantitative estimate of drug-likeness (QED) is 0.321. The zero-order chi connectivity index (χ0) is 22.7. The zero-order valence-corrected chi connectivity index (χ0v) is 18.8. The highest BCUT2D eigenvalue weighted by Gasteiger charge is 2.23. The maximum absolute atomic E-state index is 12.8. The molecule has 4 rings (SSSR count). The smallest absolute Gasteiger partial charge is 0.182 e. The summed E-state index contributed by atoms with van der Waals surface area (Å²) in [6, 6.07) is 18.3. The van der Waals surface area contributed by atoms with Gasteiger partial charge >= 0.3 is 0 Å². The van der Waals surface area contributed by atoms with Gasteiger partial charge in [0.15, 0.2) is 21.3 Å². The Balaban J connectivity index is 1.66. The largest absolute Gasteiger partial charge is 0.339 e. The maximum atomic E-state index is 12.8. The van der Waals surface area contributed by atoms with Gasteiger partial charge in [-0.25, -0.2) is 13.4 Å². The van der Waals surface area contributed by atoms with Gasteiger partial charge in [-0.1, -0.05) is 42.0 Å². The van der Waals surface area contributed by atoms with E-state index in [4.69, 9.17) is 0 Å². The summed E-state index contributed by atoms with van der Waals surface area (Å²) in [6.07, 6.45) is 3.34. The van der Waals surface area contributed by atoms with Gasteiger partial charge in [0.2, 0.25) is 0 Å². The molecule has 164 valence electrons. The molecule has 0 saturated heterocycles. The summed E-state index contributed by atoms with van der Waals surface area (Å²) in [7, 11) is -3.47. The van der Waals surface area contributed by atoms with Crippen LogP contribution in [-0.4, -0.2) is 34.5 Å². The van der Waals surface area contributed by atoms with Crippen molar-refractivity contribution in [3.63, 3.8) is 0 Å². The Morgan fingerprint density at radius 3 is 2.56 bits per heavy atom. The molecule has 0 atom stereocenters. The fourth-order valence-corrected chi connectivity index (χ4v) is 4.30. The number of hydrazone groups is 1. The van der Waals surface area contributed by atoms with Crippen molar-refractivity contribution >= 4 is 39.0 Å². The molecule has 8 nitrogen and oxygen atoms in total. The lowest BCUT2D eigenvalue weighted by Gasteiger charge is -2.15. The second-order valence-electron chi connectivity index (χ2n) is 7.62. The van der Waals surface area contributed by atoms with Crippen LogP contribution in [0, 0.1) is 6.92 Å². The van der Waals surface area contributed by atoms with Crippen LogP contribution in [0.3, 0.4) is 0 Å². The minimum atomic E-state index is -3.47. The summed E-state index contributed by atoms with van der Waals surface area (Å²) in [5.74, 6) is 1.05. The lowest BCUT2D eigenvalue weighted by Crippen LogP contribution is -2.16. The molecule has 0 spiro atoms. The molecule has 0 unspecified atom stereocenters. The maximum Gasteiger partial charge on any atom is 0.182 e. The molecule has 2 aromatic carbocycles. The number of benzene rings is 2. The molecule has 0 fully saturated rings. The predicted octanol–water partition coefficient (Wildman–Crippen LogP) is 4.41. The Bertz CT molecular complexity index is 1380. The Morgan fingerprint density at radius 2 is 1.81 bits per heavy atom. The first kappa shape index (κ1) is 21.5. The average molecular weight is 449 g/mol. The number of sulfone groups is 1. The lowest BCUT2D eigenvalue weighted by atomic mass is 10.2. The number of fused-ring (bicyclic) bond motifs is 1. The average Bonchev–Trinajstić information content (AvgIpc) is 3.24. The number of aryl methyl sites for hydroxylation is 1. The third kappa shape index (κ3) is 4.47. The van der Waals surface area contributed by atoms with E-state index in [1.54, 1.807) is 67.2 Å². The molecule has 0 aliphatic heterocycles. The molecule has 2 aromatic heterocycles. The molecule has 4 aromatic rings. The zero-order valence-electron chi connectivity index (χ0n) is 18.0. The van der Waals surface area contributed by atoms with Gasteiger partial charge in [0, 0.05) is 12.1 Å². The highest BCUT2D eigenvalue weighted by Crippen LogP contribution is 2.28. The Hall–Kier alpha value is -3.72. The van der Waals surface area contributed by atoms with Crippen molar-refractivity contribution in [1.82, 2.24) is 14.6 Å². The highest BCUT2D eigenvalue weighted by atomic mass is 32.2. The van der Waals surface area contributed by atoms with Crippen molar-refractivity contribution in [2.24, 2.45) is 5.10 Å². The van der Waals surface area contributed by atoms with Crippen molar-refractivity contribution in [2.75, 3.05) is 10.7 Å². The minimum absolute atomic E-state index is 0.235. The van der Waals surface area contributed by atoms with Gasteiger partial charge in [-0.3, -0.25) is 5.43 Å². The second kappa shape index (κ2) is 8.80. The number of anilines is 3. The van der Waals surface area contributed by atoms with Crippen molar-refractivity contribution in [2.45, 2.75) is 30.9 Å². The third-order valence-corrected chi connectivity index (χ3v) is 7.12. The minimum Gasteiger partial charge on any atom is -0.339 e. The molecular formula is C23H24N6O2S. The summed E-state index contributed by atoms with van der Waals surface area (Å²) in [5.41, 5.74) is 6.14. The van der Waals surface area contributed by atoms with E-state index in [1.807, 2.05) is 31.2 Å². The SMILES string of the molecule is Cc1ccc(/C=N/Nc2cc(Nc3ccccc3S(=O)(=O)C(C)C)n3nccc3n2)cc1. The topological polar surface area (TPSA) is 101 Å². The number of nitrogens with zero attached hydrogens (tertiary/aromatic N) is 4. The number of hydrogen-bond acceptors (Lipinski definition) is 7. The van der Waals surface area contributed by atoms with E-state index in [0.717, 1.165) is 5.56 Å². The normalized spacial score (nSPS) is 12.0. The number of aromatic nitrogens is 3. The van der Waals surface area contributed by atoms with E-state index in [2.05, 4.69) is 25.9 Å². The van der Waals surface area contributed by atoms with Crippen LogP contribution < -0.4 is 10.7 Å². The third-order valence-electron chi connectivity index (χ3n) is 4.91. The van der Waals surface area contributed by atoms with Crippen LogP contribution >= 0.6 is 0 Å². The van der Waals surface area contributed by atoms with Crippen LogP contribution in [0.5, 0.6) is 0 Å². The molecule has 0 radical (unpaired) electrons. The number of nitrogens with one attached hydrogen (secondary N) is 2. The van der Waals surface area contributed by atoms with E-state index in [0.29, 0.717) is 23.0 Å². The van der Waals surface area contributed by atoms with Gasteiger partial charge in [0.25, 0.3) is 0 Å². The monoisotopic (exact) mass is 448 g/mol. The van der Waals surface area contributed by atoms with E-state index >= 15 is 0 Å². The second-order valence-corrected chi connectivity index (χ2v) is 10.1. The first-order valence-corrected chi connectivity index (χ1v) is 11.7. The van der Waals surface area contributed by atoms with Gasteiger partial charge in [0.1, 0.15) is 5.82 Å². The first-order valence-electron chi connectivity index (χ1n) is 10.1. The summed E-state index contributed by atoms with van der Waals surface area (Å²) in [6.45, 7) is 5.36. The van der Waals surface area contributed by atoms with Crippen LogP contribution in [-0.2, 0) is 9.84 Å². The number of para-hydroxylation sites is 1. The van der Waals surface area contributed by atoms with E-state index in [9.17, 15) is 8.42 Å². The van der Waals surface area contributed by atoms with Gasteiger partial charge in [0.05, 0.1) is 28.2 Å². The van der Waals surface area contributed by atoms with Gasteiger partial charge in [-0.15, -0.1) is 0 Å². The Morgan fingerprint density at radius 1 is 1.06 bits per heavy atom. The molecule has 0 bridgehead atoms. The highest BCUT2D eigenvalue weighted by molar-refractivity contribution is 7.92. The molecule has 32 heavy (non-hydrogen) atoms. The van der Waals surface area contributed by atoms with Gasteiger partial charge in [-0.05, 0) is 38.5 Å². The molecular weight excluding hydrogens is 424 g/mol. The molecule has 0 aliphatic carbocycles. The fraction of sp³-hybridized carbons (Fsp3) is 0.174. The number of hydrogen-bond donors (Lipinski definition) is 2. The summed E-state index contributed by atoms with van der Waals surface area (Å²) in [4.78, 5) is 4.73. The molecule has 9 heteroatoms. The lowest BCUT2D eigenvalue weighted by molar-refractivity contribution is 0.588. The summed E-state index contributed by atoms with van der Waals surface area (Å²) < 4.78 is 27.2. The molecule has 0 amide bonds. The summed E-state index contributed by atoms with van der Waals surface area (Å²) >= 11 is 0. The first-order chi connectivity index (χ1) is 15.3. The van der Waals surface area contributed by atoms with Crippen LogP contribution in [0.25, 0.3) is 5.65 Å². The van der Waals surface area contributed by atoms with E-state index in [1.165, 1.54) is 5.56 Å². The molecule has 0 aliphatic rings. The summed E-state index contributed by atoms with van der Waals surface area (Å²) in [5, 5.41) is 11.2. The number of rotatable bonds is 7. The van der Waals surface area contributed by atoms with Crippen LogP contribution in [0.1, 0.15) is 25.0 Å². The van der Waals surface area contributed by atoms with E-state index < -0.39 is 15.1 Å². The van der Waals surface area contributed by atoms with Crippen LogP contribution in [0.4, 0.5) is 17.3 Å². The fourth-order valence-electron chi connectivity index (χ4n) is 3.09. The molecule has 2 heterocycles. The Labute approximate surface area is 186 Å². The van der Waals surface area contributed by atoms with Crippen molar-refractivity contribution in [3.8, 4) is 0 Å². The van der Waals surface area contributed by atoms with Crippen molar-refractivity contribution < 1.29 is 8.42 Å². The van der Waals surface area contributed by atoms with Gasteiger partial charge < -0.3 is 5.32 Å².